The Morgan fingerprint density at radius 1 is 1.06 bits per heavy atom. The number of fused-ring (bicyclic) bond motifs is 1. The van der Waals surface area contributed by atoms with E-state index in [-0.39, 0.29) is 24.5 Å². The van der Waals surface area contributed by atoms with Crippen LogP contribution < -0.4 is 14.8 Å². The maximum Gasteiger partial charge on any atom is 0.246 e. The second-order valence-electron chi connectivity index (χ2n) is 8.45. The summed E-state index contributed by atoms with van der Waals surface area (Å²) in [6.07, 6.45) is 8.30. The van der Waals surface area contributed by atoms with Crippen molar-refractivity contribution in [2.24, 2.45) is 5.92 Å². The Morgan fingerprint density at radius 3 is 2.68 bits per heavy atom. The number of nitrogens with one attached hydrogen (secondary N) is 1. The lowest BCUT2D eigenvalue weighted by molar-refractivity contribution is -0.130. The van der Waals surface area contributed by atoms with Gasteiger partial charge in [-0.3, -0.25) is 14.3 Å². The van der Waals surface area contributed by atoms with E-state index in [1.165, 1.54) is 5.56 Å². The highest BCUT2D eigenvalue weighted by Crippen LogP contribution is 2.34. The minimum Gasteiger partial charge on any atom is -0.454 e. The van der Waals surface area contributed by atoms with Gasteiger partial charge in [-0.05, 0) is 36.6 Å². The van der Waals surface area contributed by atoms with Gasteiger partial charge in [0.05, 0.1) is 12.7 Å². The maximum atomic E-state index is 12.7. The van der Waals surface area contributed by atoms with Gasteiger partial charge in [0.15, 0.2) is 11.5 Å². The zero-order chi connectivity index (χ0) is 23.3. The normalized spacial score (nSPS) is 15.6. The molecule has 2 aliphatic heterocycles. The Kier molecular flexibility index (Phi) is 6.29. The van der Waals surface area contributed by atoms with E-state index in [9.17, 15) is 9.59 Å². The zero-order valence-corrected chi connectivity index (χ0v) is 18.7. The van der Waals surface area contributed by atoms with E-state index in [0.29, 0.717) is 49.7 Å². The third-order valence-corrected chi connectivity index (χ3v) is 6.08. The molecule has 3 heterocycles. The van der Waals surface area contributed by atoms with Gasteiger partial charge >= 0.3 is 0 Å². The predicted octanol–water partition coefficient (Wildman–Crippen LogP) is 3.55. The molecule has 0 radical (unpaired) electrons. The molecule has 0 aliphatic carbocycles. The van der Waals surface area contributed by atoms with Gasteiger partial charge < -0.3 is 19.7 Å². The first-order chi connectivity index (χ1) is 16.6. The van der Waals surface area contributed by atoms with E-state index in [4.69, 9.17) is 9.47 Å². The molecule has 174 valence electrons. The highest BCUT2D eigenvalue weighted by atomic mass is 16.7. The van der Waals surface area contributed by atoms with E-state index in [2.05, 4.69) is 22.5 Å². The van der Waals surface area contributed by atoms with Crippen LogP contribution in [-0.4, -0.2) is 46.4 Å². The van der Waals surface area contributed by atoms with Crippen molar-refractivity contribution in [1.82, 2.24) is 14.7 Å². The monoisotopic (exact) mass is 458 g/mol. The molecule has 34 heavy (non-hydrogen) atoms. The van der Waals surface area contributed by atoms with Gasteiger partial charge in [0.2, 0.25) is 18.6 Å². The van der Waals surface area contributed by atoms with Gasteiger partial charge in [0.1, 0.15) is 0 Å². The van der Waals surface area contributed by atoms with Crippen LogP contribution in [0.5, 0.6) is 11.5 Å². The lowest BCUT2D eigenvalue weighted by Gasteiger charge is -2.30. The quantitative estimate of drug-likeness (QED) is 0.571. The van der Waals surface area contributed by atoms with Crippen LogP contribution in [0.25, 0.3) is 6.08 Å². The number of carbonyl (C=O) groups excluding carboxylic acids is 2. The summed E-state index contributed by atoms with van der Waals surface area (Å²) in [5.74, 6) is 1.10. The summed E-state index contributed by atoms with van der Waals surface area (Å²) in [5.41, 5.74) is 2.73. The summed E-state index contributed by atoms with van der Waals surface area (Å²) in [6, 6.07) is 15.5. The molecule has 0 atom stereocenters. The van der Waals surface area contributed by atoms with Crippen molar-refractivity contribution in [2.75, 3.05) is 25.2 Å². The Hall–Kier alpha value is -4.07. The number of piperidine rings is 1. The molecular weight excluding hydrogens is 432 g/mol. The number of hydrogen-bond acceptors (Lipinski definition) is 5. The molecule has 0 bridgehead atoms. The Bertz CT molecular complexity index is 1200. The first-order valence-corrected chi connectivity index (χ1v) is 11.4. The van der Waals surface area contributed by atoms with Gasteiger partial charge in [-0.1, -0.05) is 30.3 Å². The third kappa shape index (κ3) is 5.11. The number of aromatic nitrogens is 2. The average Bonchev–Trinajstić information content (AvgIpc) is 3.52. The van der Waals surface area contributed by atoms with Crippen LogP contribution in [0, 0.1) is 5.92 Å². The number of anilines is 1. The number of ether oxygens (including phenoxy) is 2. The highest BCUT2D eigenvalue weighted by Gasteiger charge is 2.27. The largest absolute Gasteiger partial charge is 0.454 e. The summed E-state index contributed by atoms with van der Waals surface area (Å²) < 4.78 is 12.5. The summed E-state index contributed by atoms with van der Waals surface area (Å²) in [5, 5.41) is 7.32. The van der Waals surface area contributed by atoms with Crippen molar-refractivity contribution < 1.29 is 19.1 Å². The number of nitrogens with zero attached hydrogens (tertiary/aromatic N) is 3. The molecule has 0 unspecified atom stereocenters. The number of likely N-dealkylation sites (tertiary alicyclic amines) is 1. The molecule has 3 aromatic rings. The Balaban J connectivity index is 1.10. The smallest absolute Gasteiger partial charge is 0.246 e. The first-order valence-electron chi connectivity index (χ1n) is 11.4. The molecule has 2 amide bonds. The molecule has 1 N–H and O–H groups in total. The molecule has 0 spiro atoms. The second kappa shape index (κ2) is 9.82. The van der Waals surface area contributed by atoms with Crippen molar-refractivity contribution >= 4 is 23.6 Å². The van der Waals surface area contributed by atoms with Crippen LogP contribution in [0.1, 0.15) is 24.0 Å². The number of rotatable bonds is 6. The number of carbonyl (C=O) groups is 2. The summed E-state index contributed by atoms with van der Waals surface area (Å²) in [6.45, 7) is 1.99. The molecule has 8 nitrogen and oxygen atoms in total. The van der Waals surface area contributed by atoms with Crippen molar-refractivity contribution in [3.63, 3.8) is 0 Å². The third-order valence-electron chi connectivity index (χ3n) is 6.08. The SMILES string of the molecule is O=C(Nc1ccc2c(c1)OCO2)C1CCN(C(=O)/C=C/c2cnn(Cc3ccccc3)c2)CC1. The molecule has 2 aliphatic rings. The lowest BCUT2D eigenvalue weighted by atomic mass is 9.95. The van der Waals surface area contributed by atoms with Gasteiger partial charge in [0.25, 0.3) is 0 Å². The fraction of sp³-hybridized carbons (Fsp3) is 0.269. The molecule has 2 aromatic carbocycles. The van der Waals surface area contributed by atoms with Crippen LogP contribution in [-0.2, 0) is 16.1 Å². The van der Waals surface area contributed by atoms with E-state index in [1.54, 1.807) is 41.4 Å². The van der Waals surface area contributed by atoms with Gasteiger partial charge in [-0.25, -0.2) is 0 Å². The number of hydrogen-bond donors (Lipinski definition) is 1. The molecule has 5 rings (SSSR count). The molecule has 1 aromatic heterocycles. The first kappa shape index (κ1) is 21.8. The minimum absolute atomic E-state index is 0.0349. The summed E-state index contributed by atoms with van der Waals surface area (Å²) >= 11 is 0. The fourth-order valence-electron chi connectivity index (χ4n) is 4.18. The second-order valence-corrected chi connectivity index (χ2v) is 8.45. The maximum absolute atomic E-state index is 12.7. The van der Waals surface area contributed by atoms with Gasteiger partial charge in [0, 0.05) is 48.6 Å². The van der Waals surface area contributed by atoms with Crippen molar-refractivity contribution in [3.8, 4) is 11.5 Å². The van der Waals surface area contributed by atoms with E-state index < -0.39 is 0 Å². The fourth-order valence-corrected chi connectivity index (χ4v) is 4.18. The van der Waals surface area contributed by atoms with E-state index in [1.807, 2.05) is 29.1 Å². The van der Waals surface area contributed by atoms with Crippen LogP contribution in [0.3, 0.4) is 0 Å². The summed E-state index contributed by atoms with van der Waals surface area (Å²) in [7, 11) is 0. The van der Waals surface area contributed by atoms with Crippen molar-refractivity contribution in [1.29, 1.82) is 0 Å². The Labute approximate surface area is 197 Å². The van der Waals surface area contributed by atoms with E-state index in [0.717, 1.165) is 5.56 Å². The van der Waals surface area contributed by atoms with Crippen molar-refractivity contribution in [2.45, 2.75) is 19.4 Å². The molecule has 8 heteroatoms. The molecule has 1 fully saturated rings. The number of amides is 2. The van der Waals surface area contributed by atoms with Crippen LogP contribution >= 0.6 is 0 Å². The van der Waals surface area contributed by atoms with E-state index >= 15 is 0 Å². The lowest BCUT2D eigenvalue weighted by Crippen LogP contribution is -2.40. The topological polar surface area (TPSA) is 85.7 Å². The minimum atomic E-state index is -0.130. The van der Waals surface area contributed by atoms with Crippen LogP contribution in [0.4, 0.5) is 5.69 Å². The standard InChI is InChI=1S/C26H26N4O4/c31-25(9-6-20-15-27-30(17-20)16-19-4-2-1-3-5-19)29-12-10-21(11-13-29)26(32)28-22-7-8-23-24(14-22)34-18-33-23/h1-9,14-15,17,21H,10-13,16,18H2,(H,28,32)/b9-6+. The van der Waals surface area contributed by atoms with Crippen molar-refractivity contribution in [3.05, 3.63) is 78.1 Å². The van der Waals surface area contributed by atoms with Crippen LogP contribution in [0.2, 0.25) is 0 Å². The van der Waals surface area contributed by atoms with Gasteiger partial charge in [-0.15, -0.1) is 0 Å². The average molecular weight is 459 g/mol. The van der Waals surface area contributed by atoms with Gasteiger partial charge in [-0.2, -0.15) is 5.10 Å². The zero-order valence-electron chi connectivity index (χ0n) is 18.7. The Morgan fingerprint density at radius 2 is 1.85 bits per heavy atom. The molecule has 1 saturated heterocycles. The number of benzene rings is 2. The highest BCUT2D eigenvalue weighted by molar-refractivity contribution is 5.94. The summed E-state index contributed by atoms with van der Waals surface area (Å²) in [4.78, 5) is 27.1. The molecular formula is C26H26N4O4. The molecule has 0 saturated carbocycles. The van der Waals surface area contributed by atoms with Crippen LogP contribution in [0.15, 0.2) is 67.0 Å². The predicted molar refractivity (Wildman–Crippen MR) is 127 cm³/mol.